The molecule has 2 N–H and O–H groups in total. The molecule has 0 aromatic heterocycles. The van der Waals surface area contributed by atoms with E-state index in [9.17, 15) is 0 Å². The lowest BCUT2D eigenvalue weighted by Crippen LogP contribution is -2.45. The zero-order valence-electron chi connectivity index (χ0n) is 13.7. The Morgan fingerprint density at radius 3 is 1.19 bits per heavy atom. The summed E-state index contributed by atoms with van der Waals surface area (Å²) >= 11 is 5.54. The molecule has 2 aliphatic carbocycles. The maximum Gasteiger partial charge on any atom is 0.166 e. The van der Waals surface area contributed by atoms with Gasteiger partial charge in [0.1, 0.15) is 0 Å². The summed E-state index contributed by atoms with van der Waals surface area (Å²) in [7, 11) is 0. The van der Waals surface area contributed by atoms with E-state index in [1.165, 1.54) is 96.3 Å². The molecule has 0 atom stereocenters. The molecule has 0 saturated heterocycles. The first-order valence-corrected chi connectivity index (χ1v) is 9.82. The Morgan fingerprint density at radius 2 is 0.810 bits per heavy atom. The van der Waals surface area contributed by atoms with Gasteiger partial charge in [-0.2, -0.15) is 0 Å². The molecule has 0 aromatic carbocycles. The van der Waals surface area contributed by atoms with Crippen molar-refractivity contribution >= 4 is 17.3 Å². The normalized spacial score (nSPS) is 24.0. The van der Waals surface area contributed by atoms with Crippen molar-refractivity contribution in [2.75, 3.05) is 0 Å². The minimum atomic E-state index is 0.603. The van der Waals surface area contributed by atoms with E-state index in [-0.39, 0.29) is 0 Å². The SMILES string of the molecule is S=C(NC1CCCCCCCCCCC1)NC1CCCC1. The van der Waals surface area contributed by atoms with E-state index >= 15 is 0 Å². The summed E-state index contributed by atoms with van der Waals surface area (Å²) < 4.78 is 0. The average Bonchev–Trinajstić information content (AvgIpc) is 2.94. The van der Waals surface area contributed by atoms with Gasteiger partial charge in [0, 0.05) is 12.1 Å². The molecule has 2 rings (SSSR count). The summed E-state index contributed by atoms with van der Waals surface area (Å²) in [5.41, 5.74) is 0. The number of hydrogen-bond donors (Lipinski definition) is 2. The summed E-state index contributed by atoms with van der Waals surface area (Å²) in [4.78, 5) is 0. The number of rotatable bonds is 2. The van der Waals surface area contributed by atoms with Gasteiger partial charge in [0.15, 0.2) is 5.11 Å². The lowest BCUT2D eigenvalue weighted by Gasteiger charge is -2.23. The van der Waals surface area contributed by atoms with Crippen LogP contribution < -0.4 is 10.6 Å². The highest BCUT2D eigenvalue weighted by atomic mass is 32.1. The van der Waals surface area contributed by atoms with Gasteiger partial charge in [0.05, 0.1) is 0 Å². The number of hydrogen-bond acceptors (Lipinski definition) is 1. The topological polar surface area (TPSA) is 24.1 Å². The van der Waals surface area contributed by atoms with Gasteiger partial charge in [-0.25, -0.2) is 0 Å². The molecule has 0 bridgehead atoms. The highest BCUT2D eigenvalue weighted by Gasteiger charge is 2.17. The first kappa shape index (κ1) is 17.1. The summed E-state index contributed by atoms with van der Waals surface area (Å²) in [5, 5.41) is 8.07. The molecule has 2 nitrogen and oxygen atoms in total. The summed E-state index contributed by atoms with van der Waals surface area (Å²) in [6, 6.07) is 1.24. The summed E-state index contributed by atoms with van der Waals surface area (Å²) in [5.74, 6) is 0. The second-order valence-electron chi connectivity index (χ2n) is 7.06. The molecule has 2 aliphatic rings. The lowest BCUT2D eigenvalue weighted by atomic mass is 9.98. The van der Waals surface area contributed by atoms with Gasteiger partial charge in [0.2, 0.25) is 0 Å². The molecule has 0 aliphatic heterocycles. The van der Waals surface area contributed by atoms with E-state index in [2.05, 4.69) is 10.6 Å². The Balaban J connectivity index is 1.70. The summed E-state index contributed by atoms with van der Waals surface area (Å²) in [6.07, 6.45) is 20.7. The van der Waals surface area contributed by atoms with Crippen LogP contribution in [0.5, 0.6) is 0 Å². The standard InChI is InChI=1S/C18H34N2S/c21-18(20-17-14-10-11-15-17)19-16-12-8-6-4-2-1-3-5-7-9-13-16/h16-17H,1-15H2,(H2,19,20,21). The smallest absolute Gasteiger partial charge is 0.166 e. The zero-order valence-corrected chi connectivity index (χ0v) is 14.5. The van der Waals surface area contributed by atoms with Crippen molar-refractivity contribution in [3.05, 3.63) is 0 Å². The molecule has 0 amide bonds. The number of nitrogens with one attached hydrogen (secondary N) is 2. The first-order valence-electron chi connectivity index (χ1n) is 9.41. The third-order valence-corrected chi connectivity index (χ3v) is 5.37. The molecule has 2 saturated carbocycles. The van der Waals surface area contributed by atoms with Crippen LogP contribution in [0.25, 0.3) is 0 Å². The zero-order chi connectivity index (χ0) is 14.8. The third-order valence-electron chi connectivity index (χ3n) is 5.13. The highest BCUT2D eigenvalue weighted by molar-refractivity contribution is 7.80. The molecule has 3 heteroatoms. The Bertz CT molecular complexity index is 275. The van der Waals surface area contributed by atoms with E-state index in [1.54, 1.807) is 0 Å². The fraction of sp³-hybridized carbons (Fsp3) is 0.944. The Hall–Kier alpha value is -0.310. The molecule has 21 heavy (non-hydrogen) atoms. The maximum absolute atomic E-state index is 5.54. The predicted molar refractivity (Wildman–Crippen MR) is 95.7 cm³/mol. The van der Waals surface area contributed by atoms with Crippen molar-refractivity contribution < 1.29 is 0 Å². The van der Waals surface area contributed by atoms with E-state index < -0.39 is 0 Å². The first-order chi connectivity index (χ1) is 10.3. The monoisotopic (exact) mass is 310 g/mol. The van der Waals surface area contributed by atoms with Crippen molar-refractivity contribution in [3.8, 4) is 0 Å². The van der Waals surface area contributed by atoms with E-state index in [1.807, 2.05) is 0 Å². The van der Waals surface area contributed by atoms with E-state index in [4.69, 9.17) is 12.2 Å². The van der Waals surface area contributed by atoms with Crippen LogP contribution in [-0.4, -0.2) is 17.2 Å². The van der Waals surface area contributed by atoms with Gasteiger partial charge in [-0.3, -0.25) is 0 Å². The molecular weight excluding hydrogens is 276 g/mol. The van der Waals surface area contributed by atoms with Gasteiger partial charge < -0.3 is 10.6 Å². The largest absolute Gasteiger partial charge is 0.360 e. The molecule has 0 heterocycles. The minimum Gasteiger partial charge on any atom is -0.360 e. The highest BCUT2D eigenvalue weighted by Crippen LogP contribution is 2.19. The van der Waals surface area contributed by atoms with Crippen LogP contribution in [0, 0.1) is 0 Å². The van der Waals surface area contributed by atoms with E-state index in [0.29, 0.717) is 12.1 Å². The molecule has 2 fully saturated rings. The lowest BCUT2D eigenvalue weighted by molar-refractivity contribution is 0.439. The van der Waals surface area contributed by atoms with Crippen molar-refractivity contribution in [2.45, 2.75) is 108 Å². The second-order valence-corrected chi connectivity index (χ2v) is 7.46. The van der Waals surface area contributed by atoms with Crippen molar-refractivity contribution in [3.63, 3.8) is 0 Å². The Kier molecular flexibility index (Phi) is 8.46. The van der Waals surface area contributed by atoms with E-state index in [0.717, 1.165) is 5.11 Å². The van der Waals surface area contributed by atoms with Crippen LogP contribution >= 0.6 is 12.2 Å². The maximum atomic E-state index is 5.54. The number of thiocarbonyl (C=S) groups is 1. The average molecular weight is 311 g/mol. The van der Waals surface area contributed by atoms with Crippen LogP contribution in [0.15, 0.2) is 0 Å². The molecule has 122 valence electrons. The van der Waals surface area contributed by atoms with Crippen molar-refractivity contribution in [1.82, 2.24) is 10.6 Å². The Labute approximate surface area is 136 Å². The summed E-state index contributed by atoms with van der Waals surface area (Å²) in [6.45, 7) is 0. The van der Waals surface area contributed by atoms with Gasteiger partial charge in [-0.05, 0) is 37.9 Å². The van der Waals surface area contributed by atoms with Gasteiger partial charge in [-0.1, -0.05) is 70.6 Å². The van der Waals surface area contributed by atoms with Crippen LogP contribution in [-0.2, 0) is 0 Å². The van der Waals surface area contributed by atoms with Crippen molar-refractivity contribution in [2.24, 2.45) is 0 Å². The minimum absolute atomic E-state index is 0.603. The third kappa shape index (κ3) is 7.49. The molecule has 0 unspecified atom stereocenters. The van der Waals surface area contributed by atoms with Crippen LogP contribution in [0.2, 0.25) is 0 Å². The molecular formula is C18H34N2S. The fourth-order valence-corrected chi connectivity index (χ4v) is 4.12. The van der Waals surface area contributed by atoms with Crippen LogP contribution in [0.4, 0.5) is 0 Å². The van der Waals surface area contributed by atoms with Gasteiger partial charge in [-0.15, -0.1) is 0 Å². The quantitative estimate of drug-likeness (QED) is 0.697. The molecule has 0 spiro atoms. The predicted octanol–water partition coefficient (Wildman–Crippen LogP) is 5.07. The van der Waals surface area contributed by atoms with Gasteiger partial charge in [0.25, 0.3) is 0 Å². The Morgan fingerprint density at radius 1 is 0.524 bits per heavy atom. The van der Waals surface area contributed by atoms with Gasteiger partial charge >= 0.3 is 0 Å². The van der Waals surface area contributed by atoms with Crippen molar-refractivity contribution in [1.29, 1.82) is 0 Å². The van der Waals surface area contributed by atoms with Crippen LogP contribution in [0.3, 0.4) is 0 Å². The molecule has 0 radical (unpaired) electrons. The fourth-order valence-electron chi connectivity index (χ4n) is 3.79. The second kappa shape index (κ2) is 10.4. The molecule has 0 aromatic rings. The van der Waals surface area contributed by atoms with Crippen LogP contribution in [0.1, 0.15) is 96.3 Å².